The van der Waals surface area contributed by atoms with E-state index in [1.807, 2.05) is 17.9 Å². The minimum atomic E-state index is -0.135. The summed E-state index contributed by atoms with van der Waals surface area (Å²) in [7, 11) is 0. The minimum Gasteiger partial charge on any atom is -0.357 e. The van der Waals surface area contributed by atoms with Crippen LogP contribution in [-0.4, -0.2) is 55.0 Å². The van der Waals surface area contributed by atoms with Crippen molar-refractivity contribution in [1.29, 1.82) is 0 Å². The van der Waals surface area contributed by atoms with Crippen LogP contribution in [0.1, 0.15) is 52.1 Å². The van der Waals surface area contributed by atoms with E-state index in [4.69, 9.17) is 0 Å². The van der Waals surface area contributed by atoms with Crippen LogP contribution in [0.4, 0.5) is 0 Å². The average Bonchev–Trinajstić information content (AvgIpc) is 3.19. The maximum Gasteiger partial charge on any atom is 0.244 e. The Hall–Kier alpha value is -2.08. The molecule has 3 N–H and O–H groups in total. The molecule has 0 aromatic heterocycles. The Kier molecular flexibility index (Phi) is 8.10. The molecule has 1 aromatic rings. The molecular weight excluding hydrogens is 338 g/mol. The smallest absolute Gasteiger partial charge is 0.244 e. The van der Waals surface area contributed by atoms with Crippen molar-refractivity contribution in [1.82, 2.24) is 20.9 Å². The van der Waals surface area contributed by atoms with Crippen LogP contribution in [0.3, 0.4) is 0 Å². The zero-order chi connectivity index (χ0) is 19.7. The molecule has 0 spiro atoms. The summed E-state index contributed by atoms with van der Waals surface area (Å²) in [5.41, 5.74) is 1.13. The number of rotatable bonds is 8. The molecular formula is C21H35N5O. The molecule has 0 saturated carbocycles. The van der Waals surface area contributed by atoms with E-state index in [1.54, 1.807) is 0 Å². The lowest BCUT2D eigenvalue weighted by atomic mass is 10.0. The van der Waals surface area contributed by atoms with Crippen LogP contribution in [0, 0.1) is 0 Å². The molecule has 1 aliphatic rings. The van der Waals surface area contributed by atoms with E-state index >= 15 is 0 Å². The predicted octanol–water partition coefficient (Wildman–Crippen LogP) is 2.29. The first-order valence-corrected chi connectivity index (χ1v) is 10.0. The number of carbonyl (C=O) groups excluding carboxylic acids is 1. The van der Waals surface area contributed by atoms with Gasteiger partial charge in [0.1, 0.15) is 6.54 Å². The van der Waals surface area contributed by atoms with Gasteiger partial charge in [-0.1, -0.05) is 30.3 Å². The summed E-state index contributed by atoms with van der Waals surface area (Å²) in [6.45, 7) is 11.9. The second-order valence-corrected chi connectivity index (χ2v) is 7.80. The third kappa shape index (κ3) is 7.21. The maximum absolute atomic E-state index is 12.2. The highest BCUT2D eigenvalue weighted by Crippen LogP contribution is 2.15. The van der Waals surface area contributed by atoms with Crippen LogP contribution in [0.5, 0.6) is 0 Å². The first kappa shape index (κ1) is 21.2. The highest BCUT2D eigenvalue weighted by molar-refractivity contribution is 5.85. The SMILES string of the molecule is CCNC(=NCC(=O)N1CCCC1)NCC(C)(C)NC(C)c1ccccc1. The quantitative estimate of drug-likeness (QED) is 0.483. The van der Waals surface area contributed by atoms with Gasteiger partial charge < -0.3 is 20.9 Å². The van der Waals surface area contributed by atoms with E-state index in [2.05, 4.69) is 66.0 Å². The largest absolute Gasteiger partial charge is 0.357 e. The molecule has 1 aliphatic heterocycles. The molecule has 27 heavy (non-hydrogen) atoms. The van der Waals surface area contributed by atoms with Crippen molar-refractivity contribution in [3.63, 3.8) is 0 Å². The van der Waals surface area contributed by atoms with Crippen LogP contribution < -0.4 is 16.0 Å². The molecule has 1 saturated heterocycles. The van der Waals surface area contributed by atoms with Gasteiger partial charge in [0.25, 0.3) is 0 Å². The van der Waals surface area contributed by atoms with Gasteiger partial charge in [-0.2, -0.15) is 0 Å². The molecule has 1 aromatic carbocycles. The normalized spacial score (nSPS) is 16.3. The van der Waals surface area contributed by atoms with Crippen LogP contribution in [0.25, 0.3) is 0 Å². The number of amides is 1. The Labute approximate surface area is 163 Å². The predicted molar refractivity (Wildman–Crippen MR) is 112 cm³/mol. The maximum atomic E-state index is 12.2. The number of likely N-dealkylation sites (tertiary alicyclic amines) is 1. The van der Waals surface area contributed by atoms with Gasteiger partial charge in [-0.25, -0.2) is 4.99 Å². The standard InChI is InChI=1S/C21H35N5O/c1-5-22-20(23-15-19(27)26-13-9-10-14-26)24-16-21(3,4)25-17(2)18-11-7-6-8-12-18/h6-8,11-12,17,25H,5,9-10,13-16H2,1-4H3,(H2,22,23,24). The van der Waals surface area contributed by atoms with Crippen molar-refractivity contribution in [3.05, 3.63) is 35.9 Å². The summed E-state index contributed by atoms with van der Waals surface area (Å²) in [4.78, 5) is 18.6. The Bertz CT molecular complexity index is 608. The second kappa shape index (κ2) is 10.3. The first-order chi connectivity index (χ1) is 12.9. The molecule has 1 heterocycles. The Morgan fingerprint density at radius 3 is 2.48 bits per heavy atom. The fraction of sp³-hybridized carbons (Fsp3) is 0.619. The van der Waals surface area contributed by atoms with E-state index in [1.165, 1.54) is 5.56 Å². The summed E-state index contributed by atoms with van der Waals surface area (Å²) < 4.78 is 0. The second-order valence-electron chi connectivity index (χ2n) is 7.80. The van der Waals surface area contributed by atoms with Gasteiger partial charge in [-0.3, -0.25) is 4.79 Å². The summed E-state index contributed by atoms with van der Waals surface area (Å²) in [6, 6.07) is 10.7. The van der Waals surface area contributed by atoms with E-state index in [0.717, 1.165) is 32.5 Å². The van der Waals surface area contributed by atoms with Gasteiger partial charge in [0.2, 0.25) is 5.91 Å². The molecule has 2 rings (SSSR count). The van der Waals surface area contributed by atoms with Crippen molar-refractivity contribution in [2.75, 3.05) is 32.7 Å². The Morgan fingerprint density at radius 2 is 1.85 bits per heavy atom. The molecule has 1 amide bonds. The van der Waals surface area contributed by atoms with E-state index in [0.29, 0.717) is 12.5 Å². The van der Waals surface area contributed by atoms with E-state index in [-0.39, 0.29) is 24.0 Å². The molecule has 1 atom stereocenters. The van der Waals surface area contributed by atoms with Crippen molar-refractivity contribution in [2.45, 2.75) is 52.1 Å². The van der Waals surface area contributed by atoms with Crippen molar-refractivity contribution < 1.29 is 4.79 Å². The van der Waals surface area contributed by atoms with Crippen LogP contribution in [-0.2, 0) is 4.79 Å². The van der Waals surface area contributed by atoms with E-state index < -0.39 is 0 Å². The number of hydrogen-bond acceptors (Lipinski definition) is 3. The third-order valence-corrected chi connectivity index (χ3v) is 4.78. The summed E-state index contributed by atoms with van der Waals surface area (Å²) in [6.07, 6.45) is 2.21. The minimum absolute atomic E-state index is 0.111. The zero-order valence-electron chi connectivity index (χ0n) is 17.2. The lowest BCUT2D eigenvalue weighted by Crippen LogP contribution is -2.52. The van der Waals surface area contributed by atoms with Crippen molar-refractivity contribution in [3.8, 4) is 0 Å². The summed E-state index contributed by atoms with van der Waals surface area (Å²) in [5.74, 6) is 0.798. The van der Waals surface area contributed by atoms with E-state index in [9.17, 15) is 4.79 Å². The topological polar surface area (TPSA) is 68.8 Å². The fourth-order valence-electron chi connectivity index (χ4n) is 3.32. The van der Waals surface area contributed by atoms with Gasteiger partial charge >= 0.3 is 0 Å². The molecule has 1 unspecified atom stereocenters. The van der Waals surface area contributed by atoms with Crippen LogP contribution in [0.15, 0.2) is 35.3 Å². The number of nitrogens with zero attached hydrogens (tertiary/aromatic N) is 2. The van der Waals surface area contributed by atoms with Crippen molar-refractivity contribution >= 4 is 11.9 Å². The van der Waals surface area contributed by atoms with Crippen LogP contribution in [0.2, 0.25) is 0 Å². The highest BCUT2D eigenvalue weighted by Gasteiger charge is 2.21. The Morgan fingerprint density at radius 1 is 1.19 bits per heavy atom. The number of hydrogen-bond donors (Lipinski definition) is 3. The average molecular weight is 374 g/mol. The zero-order valence-corrected chi connectivity index (χ0v) is 17.2. The van der Waals surface area contributed by atoms with Gasteiger partial charge in [-0.15, -0.1) is 0 Å². The number of aliphatic imine (C=N–C) groups is 1. The third-order valence-electron chi connectivity index (χ3n) is 4.78. The van der Waals surface area contributed by atoms with Gasteiger partial charge in [0, 0.05) is 37.8 Å². The number of carbonyl (C=O) groups is 1. The number of benzene rings is 1. The monoisotopic (exact) mass is 373 g/mol. The molecule has 150 valence electrons. The van der Waals surface area contributed by atoms with Crippen LogP contribution >= 0.6 is 0 Å². The molecule has 6 nitrogen and oxygen atoms in total. The highest BCUT2D eigenvalue weighted by atomic mass is 16.2. The van der Waals surface area contributed by atoms with Gasteiger partial charge in [0.15, 0.2) is 5.96 Å². The van der Waals surface area contributed by atoms with Gasteiger partial charge in [0.05, 0.1) is 0 Å². The summed E-state index contributed by atoms with van der Waals surface area (Å²) in [5, 5.41) is 10.3. The van der Waals surface area contributed by atoms with Crippen molar-refractivity contribution in [2.24, 2.45) is 4.99 Å². The number of guanidine groups is 1. The molecule has 1 fully saturated rings. The molecule has 0 bridgehead atoms. The lowest BCUT2D eigenvalue weighted by Gasteiger charge is -2.31. The lowest BCUT2D eigenvalue weighted by molar-refractivity contribution is -0.128. The first-order valence-electron chi connectivity index (χ1n) is 10.0. The Balaban J connectivity index is 1.87. The molecule has 6 heteroatoms. The number of nitrogens with one attached hydrogen (secondary N) is 3. The fourth-order valence-corrected chi connectivity index (χ4v) is 3.32. The summed E-state index contributed by atoms with van der Waals surface area (Å²) >= 11 is 0. The van der Waals surface area contributed by atoms with Gasteiger partial charge in [-0.05, 0) is 46.1 Å². The molecule has 0 aliphatic carbocycles. The molecule has 0 radical (unpaired) electrons.